The van der Waals surface area contributed by atoms with Crippen molar-refractivity contribution in [3.05, 3.63) is 29.3 Å². The molecule has 0 amide bonds. The standard InChI is InChI=1S/C12H18N2O2S2/c1-3-4-7-14-18(15,16)10-5-6-11(12(13)17)9(2)8-10/h5-6,8,14H,3-4,7H2,1-2H3,(H2,13,17). The molecule has 1 aromatic carbocycles. The van der Waals surface area contributed by atoms with Crippen LogP contribution < -0.4 is 10.5 Å². The molecule has 4 nitrogen and oxygen atoms in total. The van der Waals surface area contributed by atoms with E-state index in [9.17, 15) is 8.42 Å². The third-order valence-electron chi connectivity index (χ3n) is 2.60. The summed E-state index contributed by atoms with van der Waals surface area (Å²) in [7, 11) is -3.43. The van der Waals surface area contributed by atoms with Gasteiger partial charge in [0.05, 0.1) is 4.90 Å². The van der Waals surface area contributed by atoms with Gasteiger partial charge in [-0.25, -0.2) is 13.1 Å². The van der Waals surface area contributed by atoms with Crippen LogP contribution in [0.15, 0.2) is 23.1 Å². The van der Waals surface area contributed by atoms with E-state index in [-0.39, 0.29) is 9.88 Å². The van der Waals surface area contributed by atoms with Crippen molar-refractivity contribution >= 4 is 27.2 Å². The third kappa shape index (κ3) is 3.76. The Morgan fingerprint density at radius 3 is 2.61 bits per heavy atom. The number of nitrogens with one attached hydrogen (secondary N) is 1. The van der Waals surface area contributed by atoms with Gasteiger partial charge < -0.3 is 5.73 Å². The van der Waals surface area contributed by atoms with E-state index < -0.39 is 10.0 Å². The predicted molar refractivity (Wildman–Crippen MR) is 77.2 cm³/mol. The number of nitrogens with two attached hydrogens (primary N) is 1. The zero-order chi connectivity index (χ0) is 13.8. The van der Waals surface area contributed by atoms with E-state index in [2.05, 4.69) is 4.72 Å². The van der Waals surface area contributed by atoms with Crippen LogP contribution in [0.3, 0.4) is 0 Å². The van der Waals surface area contributed by atoms with Gasteiger partial charge in [0.15, 0.2) is 0 Å². The molecule has 1 rings (SSSR count). The second kappa shape index (κ2) is 6.26. The van der Waals surface area contributed by atoms with E-state index in [0.29, 0.717) is 12.1 Å². The van der Waals surface area contributed by atoms with E-state index in [1.165, 1.54) is 6.07 Å². The monoisotopic (exact) mass is 286 g/mol. The van der Waals surface area contributed by atoms with E-state index in [4.69, 9.17) is 18.0 Å². The van der Waals surface area contributed by atoms with Crippen LogP contribution >= 0.6 is 12.2 Å². The van der Waals surface area contributed by atoms with Crippen LogP contribution in [0.2, 0.25) is 0 Å². The molecule has 0 radical (unpaired) electrons. The van der Waals surface area contributed by atoms with Crippen LogP contribution in [0.25, 0.3) is 0 Å². The molecule has 0 aliphatic carbocycles. The fourth-order valence-electron chi connectivity index (χ4n) is 1.55. The molecule has 0 bridgehead atoms. The van der Waals surface area contributed by atoms with Crippen molar-refractivity contribution in [2.45, 2.75) is 31.6 Å². The van der Waals surface area contributed by atoms with Gasteiger partial charge in [0.2, 0.25) is 10.0 Å². The van der Waals surface area contributed by atoms with E-state index in [1.807, 2.05) is 6.92 Å². The lowest BCUT2D eigenvalue weighted by atomic mass is 10.1. The smallest absolute Gasteiger partial charge is 0.240 e. The Bertz CT molecular complexity index is 539. The molecule has 100 valence electrons. The number of rotatable bonds is 6. The molecular weight excluding hydrogens is 268 g/mol. The van der Waals surface area contributed by atoms with E-state index >= 15 is 0 Å². The highest BCUT2D eigenvalue weighted by atomic mass is 32.2. The molecule has 0 saturated heterocycles. The molecule has 0 unspecified atom stereocenters. The summed E-state index contributed by atoms with van der Waals surface area (Å²) in [6.07, 6.45) is 1.77. The Labute approximate surface area is 114 Å². The van der Waals surface area contributed by atoms with E-state index in [1.54, 1.807) is 19.1 Å². The van der Waals surface area contributed by atoms with Gasteiger partial charge in [0, 0.05) is 12.1 Å². The average Bonchev–Trinajstić information content (AvgIpc) is 2.28. The van der Waals surface area contributed by atoms with Crippen LogP contribution in [-0.4, -0.2) is 20.0 Å². The first-order chi connectivity index (χ1) is 8.38. The second-order valence-electron chi connectivity index (χ2n) is 4.09. The van der Waals surface area contributed by atoms with Crippen molar-refractivity contribution in [1.29, 1.82) is 0 Å². The van der Waals surface area contributed by atoms with Gasteiger partial charge in [-0.2, -0.15) is 0 Å². The van der Waals surface area contributed by atoms with Gasteiger partial charge in [-0.1, -0.05) is 31.6 Å². The van der Waals surface area contributed by atoms with Gasteiger partial charge in [-0.3, -0.25) is 0 Å². The number of hydrogen-bond acceptors (Lipinski definition) is 3. The summed E-state index contributed by atoms with van der Waals surface area (Å²) in [6, 6.07) is 4.75. The molecule has 0 aliphatic rings. The quantitative estimate of drug-likeness (QED) is 0.617. The number of benzene rings is 1. The highest BCUT2D eigenvalue weighted by molar-refractivity contribution is 7.89. The molecule has 0 heterocycles. The third-order valence-corrected chi connectivity index (χ3v) is 4.27. The van der Waals surface area contributed by atoms with Crippen molar-refractivity contribution in [2.75, 3.05) is 6.54 Å². The van der Waals surface area contributed by atoms with Crippen LogP contribution in [0.1, 0.15) is 30.9 Å². The zero-order valence-electron chi connectivity index (χ0n) is 10.6. The highest BCUT2D eigenvalue weighted by Crippen LogP contribution is 2.15. The lowest BCUT2D eigenvalue weighted by Crippen LogP contribution is -2.25. The Kier molecular flexibility index (Phi) is 5.25. The summed E-state index contributed by atoms with van der Waals surface area (Å²) < 4.78 is 26.5. The first-order valence-electron chi connectivity index (χ1n) is 5.78. The fourth-order valence-corrected chi connectivity index (χ4v) is 2.93. The van der Waals surface area contributed by atoms with Crippen LogP contribution in [-0.2, 0) is 10.0 Å². The average molecular weight is 286 g/mol. The Balaban J connectivity index is 2.97. The number of unbranched alkanes of at least 4 members (excludes halogenated alkanes) is 1. The molecule has 0 spiro atoms. The number of aryl methyl sites for hydroxylation is 1. The van der Waals surface area contributed by atoms with Crippen molar-refractivity contribution in [3.8, 4) is 0 Å². The molecule has 0 fully saturated rings. The minimum Gasteiger partial charge on any atom is -0.389 e. The van der Waals surface area contributed by atoms with E-state index in [0.717, 1.165) is 18.4 Å². The van der Waals surface area contributed by atoms with Crippen molar-refractivity contribution in [3.63, 3.8) is 0 Å². The molecule has 0 aliphatic heterocycles. The SMILES string of the molecule is CCCCNS(=O)(=O)c1ccc(C(N)=S)c(C)c1. The molecule has 1 aromatic rings. The van der Waals surface area contributed by atoms with Gasteiger partial charge in [-0.05, 0) is 31.0 Å². The fraction of sp³-hybridized carbons (Fsp3) is 0.417. The molecule has 0 aromatic heterocycles. The predicted octanol–water partition coefficient (Wildman–Crippen LogP) is 1.71. The summed E-state index contributed by atoms with van der Waals surface area (Å²) in [4.78, 5) is 0.520. The first-order valence-corrected chi connectivity index (χ1v) is 7.67. The minimum atomic E-state index is -3.43. The number of hydrogen-bond donors (Lipinski definition) is 2. The molecule has 0 saturated carbocycles. The van der Waals surface area contributed by atoms with Crippen molar-refractivity contribution in [1.82, 2.24) is 4.72 Å². The maximum Gasteiger partial charge on any atom is 0.240 e. The summed E-state index contributed by atoms with van der Waals surface area (Å²) in [5.41, 5.74) is 7.01. The largest absolute Gasteiger partial charge is 0.389 e. The van der Waals surface area contributed by atoms with Gasteiger partial charge >= 0.3 is 0 Å². The molecular formula is C12H18N2O2S2. The summed E-state index contributed by atoms with van der Waals surface area (Å²) in [5.74, 6) is 0. The Hall–Kier alpha value is -0.980. The molecule has 18 heavy (non-hydrogen) atoms. The second-order valence-corrected chi connectivity index (χ2v) is 6.30. The summed E-state index contributed by atoms with van der Waals surface area (Å²) in [5, 5.41) is 0. The summed E-state index contributed by atoms with van der Waals surface area (Å²) in [6.45, 7) is 4.25. The lowest BCUT2D eigenvalue weighted by Gasteiger charge is -2.09. The van der Waals surface area contributed by atoms with Gasteiger partial charge in [0.25, 0.3) is 0 Å². The van der Waals surface area contributed by atoms with Crippen LogP contribution in [0.5, 0.6) is 0 Å². The topological polar surface area (TPSA) is 72.2 Å². The lowest BCUT2D eigenvalue weighted by molar-refractivity contribution is 0.578. The molecule has 6 heteroatoms. The maximum absolute atomic E-state index is 12.0. The van der Waals surface area contributed by atoms with Crippen LogP contribution in [0, 0.1) is 6.92 Å². The van der Waals surface area contributed by atoms with Crippen LogP contribution in [0.4, 0.5) is 0 Å². The Morgan fingerprint density at radius 1 is 1.44 bits per heavy atom. The molecule has 3 N–H and O–H groups in total. The normalized spacial score (nSPS) is 11.4. The van der Waals surface area contributed by atoms with Crippen molar-refractivity contribution < 1.29 is 8.42 Å². The van der Waals surface area contributed by atoms with Gasteiger partial charge in [-0.15, -0.1) is 0 Å². The summed E-state index contributed by atoms with van der Waals surface area (Å²) >= 11 is 4.88. The van der Waals surface area contributed by atoms with Crippen molar-refractivity contribution in [2.24, 2.45) is 5.73 Å². The van der Waals surface area contributed by atoms with Gasteiger partial charge in [0.1, 0.15) is 4.99 Å². The first kappa shape index (κ1) is 15.1. The number of thiocarbonyl (C=S) groups is 1. The molecule has 0 atom stereocenters. The Morgan fingerprint density at radius 2 is 2.11 bits per heavy atom. The zero-order valence-corrected chi connectivity index (χ0v) is 12.2. The maximum atomic E-state index is 12.0. The number of sulfonamides is 1. The highest BCUT2D eigenvalue weighted by Gasteiger charge is 2.14. The minimum absolute atomic E-state index is 0.246.